The number of nitrogens with zero attached hydrogens (tertiary/aromatic N) is 2. The normalized spacial score (nSPS) is 11.7. The highest BCUT2D eigenvalue weighted by molar-refractivity contribution is 7.89. The van der Waals surface area contributed by atoms with Crippen LogP contribution in [0, 0.1) is 6.92 Å². The van der Waals surface area contributed by atoms with Crippen LogP contribution < -0.4 is 5.32 Å². The lowest BCUT2D eigenvalue weighted by Gasteiger charge is -2.22. The van der Waals surface area contributed by atoms with E-state index in [1.165, 1.54) is 31.4 Å². The summed E-state index contributed by atoms with van der Waals surface area (Å²) >= 11 is 11.9. The van der Waals surface area contributed by atoms with Crippen molar-refractivity contribution < 1.29 is 22.5 Å². The molecule has 1 N–H and O–H groups in total. The molecule has 2 rings (SSSR count). The zero-order valence-electron chi connectivity index (χ0n) is 14.0. The molecule has 8 nitrogen and oxygen atoms in total. The maximum atomic E-state index is 12.9. The summed E-state index contributed by atoms with van der Waals surface area (Å²) in [5.41, 5.74) is 0. The van der Waals surface area contributed by atoms with Crippen LogP contribution in [0.2, 0.25) is 10.0 Å². The van der Waals surface area contributed by atoms with Gasteiger partial charge in [0.2, 0.25) is 15.9 Å². The first kappa shape index (κ1) is 20.7. The van der Waals surface area contributed by atoms with Crippen molar-refractivity contribution in [1.29, 1.82) is 0 Å². The third kappa shape index (κ3) is 5.18. The van der Waals surface area contributed by atoms with E-state index in [0.29, 0.717) is 5.76 Å². The topological polar surface area (TPSA) is 102 Å². The van der Waals surface area contributed by atoms with Gasteiger partial charge in [-0.05, 0) is 25.1 Å². The fourth-order valence-corrected chi connectivity index (χ4v) is 4.18. The number of carbonyl (C=O) groups is 1. The van der Waals surface area contributed by atoms with Crippen LogP contribution in [-0.4, -0.2) is 50.6 Å². The van der Waals surface area contributed by atoms with Gasteiger partial charge in [0.15, 0.2) is 5.82 Å². The Morgan fingerprint density at radius 2 is 2.08 bits per heavy atom. The predicted molar refractivity (Wildman–Crippen MR) is 97.0 cm³/mol. The average molecular weight is 422 g/mol. The number of methoxy groups -OCH3 is 1. The molecule has 1 heterocycles. The molecular formula is C15H17Cl2N3O5S. The number of hydrogen-bond donors (Lipinski definition) is 1. The minimum atomic E-state index is -4.08. The largest absolute Gasteiger partial charge is 0.383 e. The summed E-state index contributed by atoms with van der Waals surface area (Å²) < 4.78 is 36.6. The zero-order chi connectivity index (χ0) is 19.3. The lowest BCUT2D eigenvalue weighted by Crippen LogP contribution is -2.40. The Kier molecular flexibility index (Phi) is 7.01. The van der Waals surface area contributed by atoms with Gasteiger partial charge >= 0.3 is 0 Å². The molecule has 0 spiro atoms. The minimum absolute atomic E-state index is 0.00403. The highest BCUT2D eigenvalue weighted by Gasteiger charge is 2.29. The van der Waals surface area contributed by atoms with Crippen molar-refractivity contribution in [2.24, 2.45) is 0 Å². The Bertz CT molecular complexity index is 885. The van der Waals surface area contributed by atoms with Gasteiger partial charge in [-0.15, -0.1) is 0 Å². The van der Waals surface area contributed by atoms with E-state index in [4.69, 9.17) is 32.5 Å². The fourth-order valence-electron chi connectivity index (χ4n) is 2.06. The number of hydrogen-bond acceptors (Lipinski definition) is 6. The maximum absolute atomic E-state index is 12.9. The second kappa shape index (κ2) is 8.83. The number of halogens is 2. The number of ether oxygens (including phenoxy) is 1. The number of nitrogens with one attached hydrogen (secondary N) is 1. The Labute approximate surface area is 161 Å². The van der Waals surface area contributed by atoms with Crippen molar-refractivity contribution in [3.05, 3.63) is 40.1 Å². The van der Waals surface area contributed by atoms with Crippen molar-refractivity contribution in [1.82, 2.24) is 9.46 Å². The second-order valence-corrected chi connectivity index (χ2v) is 8.03. The van der Waals surface area contributed by atoms with Gasteiger partial charge in [-0.2, -0.15) is 4.31 Å². The van der Waals surface area contributed by atoms with Crippen LogP contribution in [0.5, 0.6) is 0 Å². The third-order valence-corrected chi connectivity index (χ3v) is 5.83. The first-order chi connectivity index (χ1) is 12.2. The molecule has 0 bridgehead atoms. The van der Waals surface area contributed by atoms with Crippen molar-refractivity contribution in [3.8, 4) is 0 Å². The number of sulfonamides is 1. The first-order valence-electron chi connectivity index (χ1n) is 7.41. The lowest BCUT2D eigenvalue weighted by atomic mass is 10.4. The minimum Gasteiger partial charge on any atom is -0.383 e. The fraction of sp³-hybridized carbons (Fsp3) is 0.333. The highest BCUT2D eigenvalue weighted by atomic mass is 35.5. The highest BCUT2D eigenvalue weighted by Crippen LogP contribution is 2.27. The molecule has 0 fully saturated rings. The number of carbonyl (C=O) groups excluding carboxylic acids is 1. The van der Waals surface area contributed by atoms with E-state index in [1.54, 1.807) is 6.92 Å². The van der Waals surface area contributed by atoms with Crippen molar-refractivity contribution in [2.75, 3.05) is 32.1 Å². The Morgan fingerprint density at radius 1 is 1.35 bits per heavy atom. The molecule has 0 saturated carbocycles. The SMILES string of the molecule is COCCN(CC(=O)Nc1cc(C)on1)S(=O)(=O)c1cc(Cl)ccc1Cl. The number of benzene rings is 1. The number of rotatable bonds is 8. The summed E-state index contributed by atoms with van der Waals surface area (Å²) in [6.07, 6.45) is 0. The van der Waals surface area contributed by atoms with Crippen LogP contribution in [0.4, 0.5) is 5.82 Å². The Balaban J connectivity index is 2.24. The predicted octanol–water partition coefficient (Wildman–Crippen LogP) is 2.57. The van der Waals surface area contributed by atoms with E-state index in [0.717, 1.165) is 4.31 Å². The quantitative estimate of drug-likeness (QED) is 0.702. The summed E-state index contributed by atoms with van der Waals surface area (Å²) in [5.74, 6) is 0.114. The van der Waals surface area contributed by atoms with E-state index >= 15 is 0 Å². The molecule has 0 aliphatic rings. The molecule has 142 valence electrons. The van der Waals surface area contributed by atoms with Gasteiger partial charge < -0.3 is 14.6 Å². The van der Waals surface area contributed by atoms with E-state index in [-0.39, 0.29) is 33.9 Å². The molecule has 0 atom stereocenters. The van der Waals surface area contributed by atoms with Gasteiger partial charge in [0.05, 0.1) is 18.2 Å². The van der Waals surface area contributed by atoms with Gasteiger partial charge in [-0.1, -0.05) is 28.4 Å². The smallest absolute Gasteiger partial charge is 0.245 e. The molecule has 1 aromatic heterocycles. The van der Waals surface area contributed by atoms with Crippen LogP contribution in [0.15, 0.2) is 33.7 Å². The van der Waals surface area contributed by atoms with Gasteiger partial charge in [-0.3, -0.25) is 4.79 Å². The molecule has 1 aromatic carbocycles. The summed E-state index contributed by atoms with van der Waals surface area (Å²) in [4.78, 5) is 12.0. The molecule has 26 heavy (non-hydrogen) atoms. The monoisotopic (exact) mass is 421 g/mol. The Morgan fingerprint density at radius 3 is 2.69 bits per heavy atom. The van der Waals surface area contributed by atoms with Gasteiger partial charge in [-0.25, -0.2) is 8.42 Å². The van der Waals surface area contributed by atoms with Crippen molar-refractivity contribution >= 4 is 45.0 Å². The summed E-state index contributed by atoms with van der Waals surface area (Å²) in [7, 11) is -2.65. The molecule has 0 saturated heterocycles. The van der Waals surface area contributed by atoms with E-state index in [2.05, 4.69) is 10.5 Å². The summed E-state index contributed by atoms with van der Waals surface area (Å²) in [6.45, 7) is 1.25. The van der Waals surface area contributed by atoms with Crippen molar-refractivity contribution in [2.45, 2.75) is 11.8 Å². The van der Waals surface area contributed by atoms with Crippen LogP contribution in [0.3, 0.4) is 0 Å². The first-order valence-corrected chi connectivity index (χ1v) is 9.61. The standard InChI is InChI=1S/C15H17Cl2N3O5S/c1-10-7-14(19-25-10)18-15(21)9-20(5-6-24-2)26(22,23)13-8-11(16)3-4-12(13)17/h3-4,7-8H,5-6,9H2,1-2H3,(H,18,19,21). The molecule has 0 unspecified atom stereocenters. The van der Waals surface area contributed by atoms with Crippen LogP contribution in [-0.2, 0) is 19.6 Å². The lowest BCUT2D eigenvalue weighted by molar-refractivity contribution is -0.116. The van der Waals surface area contributed by atoms with E-state index in [9.17, 15) is 13.2 Å². The van der Waals surface area contributed by atoms with Gasteiger partial charge in [0.1, 0.15) is 10.7 Å². The number of amides is 1. The molecule has 11 heteroatoms. The summed E-state index contributed by atoms with van der Waals surface area (Å²) in [5, 5.41) is 6.32. The molecular weight excluding hydrogens is 405 g/mol. The van der Waals surface area contributed by atoms with Gasteiger partial charge in [0, 0.05) is 24.7 Å². The van der Waals surface area contributed by atoms with Crippen LogP contribution in [0.1, 0.15) is 5.76 Å². The Hall–Kier alpha value is -1.65. The van der Waals surface area contributed by atoms with Crippen LogP contribution in [0.25, 0.3) is 0 Å². The number of aryl methyl sites for hydroxylation is 1. The van der Waals surface area contributed by atoms with E-state index in [1.807, 2.05) is 0 Å². The van der Waals surface area contributed by atoms with Gasteiger partial charge in [0.25, 0.3) is 0 Å². The van der Waals surface area contributed by atoms with Crippen molar-refractivity contribution in [3.63, 3.8) is 0 Å². The number of anilines is 1. The molecule has 0 aliphatic carbocycles. The second-order valence-electron chi connectivity index (χ2n) is 5.28. The number of aromatic nitrogens is 1. The van der Waals surface area contributed by atoms with E-state index < -0.39 is 22.5 Å². The molecule has 0 radical (unpaired) electrons. The maximum Gasteiger partial charge on any atom is 0.245 e. The van der Waals surface area contributed by atoms with Crippen LogP contribution >= 0.6 is 23.2 Å². The zero-order valence-corrected chi connectivity index (χ0v) is 16.4. The molecule has 0 aliphatic heterocycles. The third-order valence-electron chi connectivity index (χ3n) is 3.27. The molecule has 2 aromatic rings. The summed E-state index contributed by atoms with van der Waals surface area (Å²) in [6, 6.07) is 5.60. The molecule has 1 amide bonds. The average Bonchev–Trinajstić information content (AvgIpc) is 2.98.